The normalized spacial score (nSPS) is 21.5. The molecule has 0 aromatic carbocycles. The second kappa shape index (κ2) is 2.81. The summed E-state index contributed by atoms with van der Waals surface area (Å²) in [4.78, 5) is 25.8. The third-order valence-electron chi connectivity index (χ3n) is 1.55. The Morgan fingerprint density at radius 2 is 2.38 bits per heavy atom. The average molecular weight is 198 g/mol. The maximum Gasteiger partial charge on any atom is 0.415 e. The first-order valence-electron chi connectivity index (χ1n) is 3.60. The van der Waals surface area contributed by atoms with Gasteiger partial charge in [-0.15, -0.1) is 11.3 Å². The Morgan fingerprint density at radius 3 is 2.85 bits per heavy atom. The first-order valence-corrected chi connectivity index (χ1v) is 4.48. The van der Waals surface area contributed by atoms with Crippen molar-refractivity contribution in [2.24, 2.45) is 0 Å². The van der Waals surface area contributed by atoms with Gasteiger partial charge >= 0.3 is 6.09 Å². The molecule has 0 aliphatic carbocycles. The fourth-order valence-electron chi connectivity index (χ4n) is 1.01. The molecule has 13 heavy (non-hydrogen) atoms. The largest absolute Gasteiger partial charge is 0.428 e. The van der Waals surface area contributed by atoms with E-state index < -0.39 is 18.1 Å². The predicted molar refractivity (Wildman–Crippen MR) is 44.2 cm³/mol. The molecular weight excluding hydrogens is 192 g/mol. The van der Waals surface area contributed by atoms with Crippen molar-refractivity contribution in [2.45, 2.75) is 13.0 Å². The van der Waals surface area contributed by atoms with Crippen LogP contribution >= 0.6 is 11.3 Å². The van der Waals surface area contributed by atoms with E-state index in [9.17, 15) is 9.59 Å². The third-order valence-corrected chi connectivity index (χ3v) is 2.56. The molecule has 0 radical (unpaired) electrons. The zero-order valence-corrected chi connectivity index (χ0v) is 7.55. The summed E-state index contributed by atoms with van der Waals surface area (Å²) in [5, 5.41) is 4.36. The molecule has 6 heteroatoms. The van der Waals surface area contributed by atoms with Crippen LogP contribution in [0.4, 0.5) is 4.79 Å². The van der Waals surface area contributed by atoms with Crippen LogP contribution in [0.1, 0.15) is 16.8 Å². The van der Waals surface area contributed by atoms with Gasteiger partial charge < -0.3 is 4.74 Å². The number of nitrogens with zero attached hydrogens (tertiary/aromatic N) is 1. The van der Waals surface area contributed by atoms with E-state index in [2.05, 4.69) is 4.98 Å². The van der Waals surface area contributed by atoms with Crippen LogP contribution in [0, 0.1) is 6.92 Å². The van der Waals surface area contributed by atoms with Crippen molar-refractivity contribution < 1.29 is 14.3 Å². The van der Waals surface area contributed by atoms with Gasteiger partial charge in [-0.05, 0) is 6.92 Å². The van der Waals surface area contributed by atoms with Crippen molar-refractivity contribution in [2.75, 3.05) is 0 Å². The maximum atomic E-state index is 11.1. The summed E-state index contributed by atoms with van der Waals surface area (Å²) in [6.45, 7) is 1.81. The van der Waals surface area contributed by atoms with E-state index in [1.54, 1.807) is 5.38 Å². The predicted octanol–water partition coefficient (Wildman–Crippen LogP) is 0.759. The number of hydrogen-bond acceptors (Lipinski definition) is 5. The summed E-state index contributed by atoms with van der Waals surface area (Å²) in [5.74, 6) is -0.445. The number of ether oxygens (including phenoxy) is 1. The third kappa shape index (κ3) is 1.40. The van der Waals surface area contributed by atoms with E-state index in [0.29, 0.717) is 5.01 Å². The Bertz CT molecular complexity index is 374. The highest BCUT2D eigenvalue weighted by Gasteiger charge is 2.35. The van der Waals surface area contributed by atoms with Crippen LogP contribution < -0.4 is 5.32 Å². The van der Waals surface area contributed by atoms with Crippen molar-refractivity contribution in [1.82, 2.24) is 10.3 Å². The molecule has 0 spiro atoms. The van der Waals surface area contributed by atoms with Gasteiger partial charge in [-0.25, -0.2) is 9.78 Å². The molecule has 5 nitrogen and oxygen atoms in total. The molecule has 2 heterocycles. The van der Waals surface area contributed by atoms with Crippen molar-refractivity contribution in [3.8, 4) is 0 Å². The number of aryl methyl sites for hydroxylation is 1. The fraction of sp³-hybridized carbons (Fsp3) is 0.286. The summed E-state index contributed by atoms with van der Waals surface area (Å²) in [7, 11) is 0. The van der Waals surface area contributed by atoms with Crippen molar-refractivity contribution in [1.29, 1.82) is 0 Å². The molecule has 0 saturated carbocycles. The standard InChI is InChI=1S/C7H6N2O3S/c1-3-2-13-6(8-3)4-5(10)9-7(11)12-4/h2,4H,1H3,(H,9,10,11). The lowest BCUT2D eigenvalue weighted by molar-refractivity contribution is -0.123. The number of amides is 2. The SMILES string of the molecule is Cc1csc(C2OC(=O)NC2=O)n1. The van der Waals surface area contributed by atoms with E-state index in [4.69, 9.17) is 4.74 Å². The molecule has 1 saturated heterocycles. The number of hydrogen-bond donors (Lipinski definition) is 1. The van der Waals surface area contributed by atoms with Gasteiger partial charge in [0.2, 0.25) is 6.10 Å². The second-order valence-corrected chi connectivity index (χ2v) is 3.49. The van der Waals surface area contributed by atoms with Crippen LogP contribution in [0.3, 0.4) is 0 Å². The molecule has 68 valence electrons. The lowest BCUT2D eigenvalue weighted by Crippen LogP contribution is -2.20. The lowest BCUT2D eigenvalue weighted by Gasteiger charge is -1.99. The van der Waals surface area contributed by atoms with Gasteiger partial charge in [-0.3, -0.25) is 10.1 Å². The molecule has 1 aromatic heterocycles. The summed E-state index contributed by atoms with van der Waals surface area (Å²) < 4.78 is 4.72. The van der Waals surface area contributed by atoms with E-state index in [0.717, 1.165) is 5.69 Å². The molecule has 0 bridgehead atoms. The molecule has 1 unspecified atom stereocenters. The van der Waals surface area contributed by atoms with Crippen LogP contribution in [0.25, 0.3) is 0 Å². The minimum absolute atomic E-state index is 0.445. The molecule has 1 fully saturated rings. The number of rotatable bonds is 1. The molecule has 1 atom stereocenters. The highest BCUT2D eigenvalue weighted by molar-refractivity contribution is 7.09. The quantitative estimate of drug-likeness (QED) is 0.723. The molecule has 1 aliphatic heterocycles. The highest BCUT2D eigenvalue weighted by atomic mass is 32.1. The zero-order chi connectivity index (χ0) is 9.42. The lowest BCUT2D eigenvalue weighted by atomic mass is 10.3. The van der Waals surface area contributed by atoms with Crippen LogP contribution in [0.15, 0.2) is 5.38 Å². The zero-order valence-electron chi connectivity index (χ0n) is 6.73. The van der Waals surface area contributed by atoms with Crippen LogP contribution in [-0.2, 0) is 9.53 Å². The van der Waals surface area contributed by atoms with Crippen LogP contribution in [0.2, 0.25) is 0 Å². The average Bonchev–Trinajstić information content (AvgIpc) is 2.58. The Hall–Kier alpha value is -1.43. The van der Waals surface area contributed by atoms with Crippen molar-refractivity contribution >= 4 is 23.3 Å². The number of alkyl carbamates (subject to hydrolysis) is 1. The number of nitrogens with one attached hydrogen (secondary N) is 1. The topological polar surface area (TPSA) is 68.3 Å². The monoisotopic (exact) mass is 198 g/mol. The van der Waals surface area contributed by atoms with E-state index in [1.807, 2.05) is 12.2 Å². The highest BCUT2D eigenvalue weighted by Crippen LogP contribution is 2.24. The molecule has 2 amide bonds. The van der Waals surface area contributed by atoms with Gasteiger partial charge in [0.1, 0.15) is 5.01 Å². The van der Waals surface area contributed by atoms with E-state index in [-0.39, 0.29) is 0 Å². The number of thiazole rings is 1. The number of carbonyl (C=O) groups is 2. The summed E-state index contributed by atoms with van der Waals surface area (Å²) in [5.41, 5.74) is 0.816. The Balaban J connectivity index is 2.27. The van der Waals surface area contributed by atoms with Gasteiger partial charge in [0.25, 0.3) is 5.91 Å². The summed E-state index contributed by atoms with van der Waals surface area (Å²) in [6.07, 6.45) is -1.56. The molecule has 2 rings (SSSR count). The number of carbonyl (C=O) groups excluding carboxylic acids is 2. The molecule has 1 aromatic rings. The maximum absolute atomic E-state index is 11.1. The molecule has 1 N–H and O–H groups in total. The summed E-state index contributed by atoms with van der Waals surface area (Å²) >= 11 is 1.30. The number of cyclic esters (lactones) is 1. The van der Waals surface area contributed by atoms with Gasteiger partial charge in [0, 0.05) is 11.1 Å². The van der Waals surface area contributed by atoms with Gasteiger partial charge in [-0.2, -0.15) is 0 Å². The first kappa shape index (κ1) is 8.18. The van der Waals surface area contributed by atoms with Crippen molar-refractivity contribution in [3.05, 3.63) is 16.1 Å². The second-order valence-electron chi connectivity index (χ2n) is 2.60. The fourth-order valence-corrected chi connectivity index (χ4v) is 1.83. The Kier molecular flexibility index (Phi) is 1.77. The van der Waals surface area contributed by atoms with Crippen molar-refractivity contribution in [3.63, 3.8) is 0 Å². The minimum Gasteiger partial charge on any atom is -0.428 e. The first-order chi connectivity index (χ1) is 6.16. The molecular formula is C7H6N2O3S. The summed E-state index contributed by atoms with van der Waals surface area (Å²) in [6, 6.07) is 0. The molecule has 1 aliphatic rings. The Labute approximate surface area is 77.7 Å². The van der Waals surface area contributed by atoms with Crippen LogP contribution in [0.5, 0.6) is 0 Å². The Morgan fingerprint density at radius 1 is 1.62 bits per heavy atom. The van der Waals surface area contributed by atoms with Crippen LogP contribution in [-0.4, -0.2) is 17.0 Å². The minimum atomic E-state index is -0.855. The van der Waals surface area contributed by atoms with E-state index in [1.165, 1.54) is 11.3 Å². The number of aromatic nitrogens is 1. The smallest absolute Gasteiger partial charge is 0.415 e. The van der Waals surface area contributed by atoms with Gasteiger partial charge in [0.15, 0.2) is 0 Å². The van der Waals surface area contributed by atoms with Gasteiger partial charge in [-0.1, -0.05) is 0 Å². The number of imide groups is 1. The van der Waals surface area contributed by atoms with Gasteiger partial charge in [0.05, 0.1) is 0 Å². The van der Waals surface area contributed by atoms with E-state index >= 15 is 0 Å².